The first kappa shape index (κ1) is 17.3. The topological polar surface area (TPSA) is 80.5 Å². The molecule has 2 aliphatic heterocycles. The number of carbonyl (C=O) groups is 1. The summed E-state index contributed by atoms with van der Waals surface area (Å²) < 4.78 is 29.1. The molecular formula is C19H22N2O4S. The second kappa shape index (κ2) is 6.23. The van der Waals surface area contributed by atoms with E-state index in [1.165, 1.54) is 0 Å². The number of amides is 1. The first-order valence-electron chi connectivity index (χ1n) is 8.89. The van der Waals surface area contributed by atoms with Crippen LogP contribution in [0, 0.1) is 12.3 Å². The molecule has 2 saturated heterocycles. The molecule has 1 amide bonds. The van der Waals surface area contributed by atoms with E-state index >= 15 is 0 Å². The quantitative estimate of drug-likeness (QED) is 0.807. The van der Waals surface area contributed by atoms with Gasteiger partial charge in [0.25, 0.3) is 5.91 Å². The maximum atomic E-state index is 12.8. The van der Waals surface area contributed by atoms with Gasteiger partial charge >= 0.3 is 0 Å². The highest BCUT2D eigenvalue weighted by Gasteiger charge is 2.46. The van der Waals surface area contributed by atoms with Gasteiger partial charge in [-0.25, -0.2) is 8.42 Å². The van der Waals surface area contributed by atoms with Crippen LogP contribution in [-0.4, -0.2) is 49.0 Å². The molecule has 0 radical (unpaired) electrons. The second-order valence-electron chi connectivity index (χ2n) is 7.61. The molecule has 0 saturated carbocycles. The van der Waals surface area contributed by atoms with Crippen LogP contribution in [0.3, 0.4) is 0 Å². The summed E-state index contributed by atoms with van der Waals surface area (Å²) in [5, 5.41) is 4.03. The minimum atomic E-state index is -2.98. The van der Waals surface area contributed by atoms with Crippen LogP contribution in [0.4, 0.5) is 0 Å². The van der Waals surface area contributed by atoms with Crippen LogP contribution in [0.2, 0.25) is 0 Å². The number of aromatic nitrogens is 1. The zero-order chi connectivity index (χ0) is 18.4. The van der Waals surface area contributed by atoms with E-state index in [-0.39, 0.29) is 28.6 Å². The third-order valence-corrected chi connectivity index (χ3v) is 7.36. The third kappa shape index (κ3) is 3.28. The monoisotopic (exact) mass is 374 g/mol. The molecule has 0 aliphatic carbocycles. The number of rotatable bonds is 2. The van der Waals surface area contributed by atoms with Crippen LogP contribution in [0.5, 0.6) is 0 Å². The van der Waals surface area contributed by atoms with E-state index in [0.717, 1.165) is 24.0 Å². The lowest BCUT2D eigenvalue weighted by atomic mass is 9.79. The second-order valence-corrected chi connectivity index (χ2v) is 9.80. The number of aryl methyl sites for hydroxylation is 1. The zero-order valence-electron chi connectivity index (χ0n) is 14.8. The Bertz CT molecular complexity index is 933. The number of carbonyl (C=O) groups excluding carboxylic acids is 1. The Morgan fingerprint density at radius 1 is 1.23 bits per heavy atom. The molecule has 0 bridgehead atoms. The summed E-state index contributed by atoms with van der Waals surface area (Å²) in [6.45, 7) is 3.11. The van der Waals surface area contributed by atoms with Crippen molar-refractivity contribution in [2.75, 3.05) is 24.6 Å². The van der Waals surface area contributed by atoms with Gasteiger partial charge in [-0.05, 0) is 26.2 Å². The van der Waals surface area contributed by atoms with Gasteiger partial charge in [0.2, 0.25) is 5.76 Å². The summed E-state index contributed by atoms with van der Waals surface area (Å²) in [5.41, 5.74) is 2.39. The lowest BCUT2D eigenvalue weighted by Gasteiger charge is -2.39. The fourth-order valence-corrected chi connectivity index (χ4v) is 6.28. The maximum absolute atomic E-state index is 12.8. The van der Waals surface area contributed by atoms with Gasteiger partial charge in [-0.1, -0.05) is 35.0 Å². The van der Waals surface area contributed by atoms with Crippen molar-refractivity contribution in [1.82, 2.24) is 10.1 Å². The molecule has 4 rings (SSSR count). The predicted molar refractivity (Wildman–Crippen MR) is 97.5 cm³/mol. The van der Waals surface area contributed by atoms with E-state index < -0.39 is 9.84 Å². The minimum absolute atomic E-state index is 0.189. The molecule has 1 aromatic heterocycles. The normalized spacial score (nSPS) is 24.9. The van der Waals surface area contributed by atoms with Crippen molar-refractivity contribution < 1.29 is 17.7 Å². The van der Waals surface area contributed by atoms with Crippen molar-refractivity contribution >= 4 is 15.7 Å². The van der Waals surface area contributed by atoms with Crippen LogP contribution in [0.15, 0.2) is 34.9 Å². The Labute approximate surface area is 153 Å². The first-order chi connectivity index (χ1) is 12.4. The highest BCUT2D eigenvalue weighted by Crippen LogP contribution is 2.40. The van der Waals surface area contributed by atoms with E-state index in [2.05, 4.69) is 5.16 Å². The molecule has 0 N–H and O–H groups in total. The molecule has 26 heavy (non-hydrogen) atoms. The standard InChI is InChI=1S/C19H22N2O4S/c1-14-3-5-15(6-4-14)16-11-17(25-20-16)18(22)21-9-2-7-19(12-21)8-10-26(23,24)13-19/h3-6,11H,2,7-10,12-13H2,1H3. The van der Waals surface area contributed by atoms with Gasteiger partial charge in [-0.3, -0.25) is 4.79 Å². The summed E-state index contributed by atoms with van der Waals surface area (Å²) in [6, 6.07) is 9.53. The van der Waals surface area contributed by atoms with E-state index in [4.69, 9.17) is 4.52 Å². The van der Waals surface area contributed by atoms with Crippen molar-refractivity contribution in [3.8, 4) is 11.3 Å². The average Bonchev–Trinajstić information content (AvgIpc) is 3.20. The number of benzene rings is 1. The summed E-state index contributed by atoms with van der Waals surface area (Å²) in [4.78, 5) is 14.6. The maximum Gasteiger partial charge on any atom is 0.292 e. The van der Waals surface area contributed by atoms with E-state index in [9.17, 15) is 13.2 Å². The van der Waals surface area contributed by atoms with Crippen molar-refractivity contribution in [3.63, 3.8) is 0 Å². The number of hydrogen-bond acceptors (Lipinski definition) is 5. The molecule has 1 spiro atoms. The molecule has 2 aliphatic rings. The third-order valence-electron chi connectivity index (χ3n) is 5.49. The molecule has 2 aromatic rings. The predicted octanol–water partition coefficient (Wildman–Crippen LogP) is 2.69. The molecular weight excluding hydrogens is 352 g/mol. The SMILES string of the molecule is Cc1ccc(-c2cc(C(=O)N3CCCC4(CCS(=O)(=O)C4)C3)on2)cc1. The van der Waals surface area contributed by atoms with Crippen molar-refractivity contribution in [3.05, 3.63) is 41.7 Å². The Morgan fingerprint density at radius 3 is 2.69 bits per heavy atom. The van der Waals surface area contributed by atoms with Gasteiger partial charge in [0.1, 0.15) is 5.69 Å². The van der Waals surface area contributed by atoms with Gasteiger partial charge < -0.3 is 9.42 Å². The lowest BCUT2D eigenvalue weighted by molar-refractivity contribution is 0.0525. The summed E-state index contributed by atoms with van der Waals surface area (Å²) in [5.74, 6) is 0.418. The average molecular weight is 374 g/mol. The van der Waals surface area contributed by atoms with Gasteiger partial charge in [-0.2, -0.15) is 0 Å². The van der Waals surface area contributed by atoms with E-state index in [1.54, 1.807) is 11.0 Å². The van der Waals surface area contributed by atoms with Crippen LogP contribution in [0.1, 0.15) is 35.4 Å². The summed E-state index contributed by atoms with van der Waals surface area (Å²) in [7, 11) is -2.98. The van der Waals surface area contributed by atoms with Gasteiger partial charge in [0, 0.05) is 30.1 Å². The number of hydrogen-bond donors (Lipinski definition) is 0. The molecule has 3 heterocycles. The highest BCUT2D eigenvalue weighted by molar-refractivity contribution is 7.91. The number of piperidine rings is 1. The minimum Gasteiger partial charge on any atom is -0.350 e. The van der Waals surface area contributed by atoms with E-state index in [1.807, 2.05) is 31.2 Å². The van der Waals surface area contributed by atoms with Gasteiger partial charge in [0.15, 0.2) is 9.84 Å². The van der Waals surface area contributed by atoms with Crippen LogP contribution >= 0.6 is 0 Å². The Hall–Kier alpha value is -2.15. The fraction of sp³-hybridized carbons (Fsp3) is 0.474. The summed E-state index contributed by atoms with van der Waals surface area (Å²) in [6.07, 6.45) is 2.32. The lowest BCUT2D eigenvalue weighted by Crippen LogP contribution is -2.46. The van der Waals surface area contributed by atoms with E-state index in [0.29, 0.717) is 25.2 Å². The zero-order valence-corrected chi connectivity index (χ0v) is 15.6. The molecule has 1 atom stereocenters. The molecule has 7 heteroatoms. The largest absolute Gasteiger partial charge is 0.350 e. The molecule has 1 unspecified atom stereocenters. The van der Waals surface area contributed by atoms with Crippen molar-refractivity contribution in [2.45, 2.75) is 26.2 Å². The molecule has 138 valence electrons. The van der Waals surface area contributed by atoms with Crippen LogP contribution in [0.25, 0.3) is 11.3 Å². The Kier molecular flexibility index (Phi) is 4.14. The fourth-order valence-electron chi connectivity index (χ4n) is 4.08. The highest BCUT2D eigenvalue weighted by atomic mass is 32.2. The number of nitrogens with zero attached hydrogens (tertiary/aromatic N) is 2. The smallest absolute Gasteiger partial charge is 0.292 e. The molecule has 1 aromatic carbocycles. The first-order valence-corrected chi connectivity index (χ1v) is 10.7. The van der Waals surface area contributed by atoms with Crippen LogP contribution < -0.4 is 0 Å². The van der Waals surface area contributed by atoms with Crippen molar-refractivity contribution in [2.24, 2.45) is 5.41 Å². The molecule has 2 fully saturated rings. The van der Waals surface area contributed by atoms with Gasteiger partial charge in [-0.15, -0.1) is 0 Å². The number of sulfone groups is 1. The Balaban J connectivity index is 1.52. The summed E-state index contributed by atoms with van der Waals surface area (Å²) >= 11 is 0. The molecule has 6 nitrogen and oxygen atoms in total. The van der Waals surface area contributed by atoms with Crippen LogP contribution in [-0.2, 0) is 9.84 Å². The van der Waals surface area contributed by atoms with Gasteiger partial charge in [0.05, 0.1) is 11.5 Å². The Morgan fingerprint density at radius 2 is 2.00 bits per heavy atom. The number of likely N-dealkylation sites (tertiary alicyclic amines) is 1. The van der Waals surface area contributed by atoms with Crippen molar-refractivity contribution in [1.29, 1.82) is 0 Å².